The molecule has 1 N–H and O–H groups in total. The maximum atomic E-state index is 12.5. The second kappa shape index (κ2) is 5.13. The number of carboxylic acid groups (broad SMARTS) is 1. The molecule has 0 radical (unpaired) electrons. The molecule has 0 unspecified atom stereocenters. The van der Waals surface area contributed by atoms with E-state index < -0.39 is 11.9 Å². The van der Waals surface area contributed by atoms with Crippen molar-refractivity contribution in [1.29, 1.82) is 0 Å². The number of rotatable bonds is 3. The summed E-state index contributed by atoms with van der Waals surface area (Å²) >= 11 is 1.45. The zero-order valence-corrected chi connectivity index (χ0v) is 11.4. The predicted molar refractivity (Wildman–Crippen MR) is 77.4 cm³/mol. The quantitative estimate of drug-likeness (QED) is 0.879. The Kier molecular flexibility index (Phi) is 3.32. The highest BCUT2D eigenvalue weighted by Gasteiger charge is 2.32. The molecule has 0 bridgehead atoms. The number of thioether (sulfide) groups is 1. The molecular formula is C16H12O3S. The summed E-state index contributed by atoms with van der Waals surface area (Å²) in [6, 6.07) is 14.4. The van der Waals surface area contributed by atoms with Crippen LogP contribution in [0.1, 0.15) is 27.4 Å². The highest BCUT2D eigenvalue weighted by atomic mass is 32.2. The molecule has 100 valence electrons. The molecule has 0 fully saturated rings. The van der Waals surface area contributed by atoms with E-state index in [0.29, 0.717) is 16.9 Å². The van der Waals surface area contributed by atoms with Crippen LogP contribution in [0.25, 0.3) is 0 Å². The van der Waals surface area contributed by atoms with E-state index in [0.717, 1.165) is 10.5 Å². The van der Waals surface area contributed by atoms with Crippen LogP contribution in [0, 0.1) is 0 Å². The van der Waals surface area contributed by atoms with Crippen molar-refractivity contribution in [2.75, 3.05) is 5.75 Å². The molecule has 0 aliphatic carbocycles. The van der Waals surface area contributed by atoms with Crippen LogP contribution in [-0.4, -0.2) is 22.6 Å². The molecule has 4 heteroatoms. The maximum absolute atomic E-state index is 12.5. The first-order chi connectivity index (χ1) is 9.68. The standard InChI is InChI=1S/C16H12O3S/c17-14(10-5-2-1-3-6-10)12-8-4-7-11-13(16(18)19)9-20-15(11)12/h1-8,13H,9H2,(H,18,19)/t13-/m1/s1. The molecule has 1 aliphatic heterocycles. The molecule has 3 nitrogen and oxygen atoms in total. The normalized spacial score (nSPS) is 16.7. The van der Waals surface area contributed by atoms with Gasteiger partial charge in [0.2, 0.25) is 0 Å². The van der Waals surface area contributed by atoms with E-state index in [1.54, 1.807) is 30.3 Å². The number of carbonyl (C=O) groups is 2. The third-order valence-corrected chi connectivity index (χ3v) is 4.64. The molecule has 0 saturated heterocycles. The molecule has 20 heavy (non-hydrogen) atoms. The van der Waals surface area contributed by atoms with Crippen molar-refractivity contribution in [3.8, 4) is 0 Å². The van der Waals surface area contributed by atoms with Crippen LogP contribution < -0.4 is 0 Å². The Morgan fingerprint density at radius 1 is 1.05 bits per heavy atom. The van der Waals surface area contributed by atoms with Gasteiger partial charge in [0.25, 0.3) is 0 Å². The van der Waals surface area contributed by atoms with Crippen LogP contribution in [0.4, 0.5) is 0 Å². The molecule has 1 atom stereocenters. The Bertz CT molecular complexity index is 679. The summed E-state index contributed by atoms with van der Waals surface area (Å²) in [5.74, 6) is -0.913. The molecule has 3 rings (SSSR count). The van der Waals surface area contributed by atoms with E-state index >= 15 is 0 Å². The molecule has 1 heterocycles. The molecule has 0 aromatic heterocycles. The predicted octanol–water partition coefficient (Wildman–Crippen LogP) is 3.19. The number of carbonyl (C=O) groups excluding carboxylic acids is 1. The molecule has 1 aliphatic rings. The fraction of sp³-hybridized carbons (Fsp3) is 0.125. The SMILES string of the molecule is O=C(c1ccccc1)c1cccc2c1SC[C@H]2C(=O)O. The number of ketones is 1. The molecule has 0 spiro atoms. The lowest BCUT2D eigenvalue weighted by atomic mass is 9.96. The van der Waals surface area contributed by atoms with Crippen LogP contribution in [-0.2, 0) is 4.79 Å². The van der Waals surface area contributed by atoms with Crippen molar-refractivity contribution < 1.29 is 14.7 Å². The van der Waals surface area contributed by atoms with Gasteiger partial charge in [-0.05, 0) is 11.6 Å². The molecular weight excluding hydrogens is 272 g/mol. The highest BCUT2D eigenvalue weighted by Crippen LogP contribution is 2.42. The first-order valence-electron chi connectivity index (χ1n) is 6.26. The topological polar surface area (TPSA) is 54.4 Å². The lowest BCUT2D eigenvalue weighted by molar-refractivity contribution is -0.138. The minimum Gasteiger partial charge on any atom is -0.481 e. The van der Waals surface area contributed by atoms with E-state index in [4.69, 9.17) is 0 Å². The van der Waals surface area contributed by atoms with Gasteiger partial charge in [-0.15, -0.1) is 11.8 Å². The summed E-state index contributed by atoms with van der Waals surface area (Å²) in [6.45, 7) is 0. The number of aliphatic carboxylic acids is 1. The average molecular weight is 284 g/mol. The third kappa shape index (κ3) is 2.12. The van der Waals surface area contributed by atoms with Crippen molar-refractivity contribution in [1.82, 2.24) is 0 Å². The molecule has 0 saturated carbocycles. The Morgan fingerprint density at radius 2 is 1.80 bits per heavy atom. The van der Waals surface area contributed by atoms with Gasteiger partial charge >= 0.3 is 5.97 Å². The van der Waals surface area contributed by atoms with Crippen molar-refractivity contribution >= 4 is 23.5 Å². The number of fused-ring (bicyclic) bond motifs is 1. The van der Waals surface area contributed by atoms with E-state index in [2.05, 4.69) is 0 Å². The minimum atomic E-state index is -0.833. The Labute approximate surface area is 120 Å². The molecule has 2 aromatic rings. The molecule has 2 aromatic carbocycles. The Balaban J connectivity index is 2.05. The van der Waals surface area contributed by atoms with E-state index in [9.17, 15) is 14.7 Å². The maximum Gasteiger partial charge on any atom is 0.311 e. The van der Waals surface area contributed by atoms with Crippen LogP contribution in [0.15, 0.2) is 53.4 Å². The highest BCUT2D eigenvalue weighted by molar-refractivity contribution is 7.99. The van der Waals surface area contributed by atoms with Gasteiger partial charge in [0.15, 0.2) is 5.78 Å². The van der Waals surface area contributed by atoms with Crippen LogP contribution in [0.2, 0.25) is 0 Å². The number of hydrogen-bond donors (Lipinski definition) is 1. The van der Waals surface area contributed by atoms with E-state index in [-0.39, 0.29) is 5.78 Å². The van der Waals surface area contributed by atoms with Gasteiger partial charge in [-0.3, -0.25) is 9.59 Å². The first kappa shape index (κ1) is 12.9. The summed E-state index contributed by atoms with van der Waals surface area (Å²) in [5, 5.41) is 9.21. The average Bonchev–Trinajstić information content (AvgIpc) is 2.91. The van der Waals surface area contributed by atoms with Gasteiger partial charge < -0.3 is 5.11 Å². The largest absolute Gasteiger partial charge is 0.481 e. The summed E-state index contributed by atoms with van der Waals surface area (Å²) in [7, 11) is 0. The summed E-state index contributed by atoms with van der Waals surface area (Å²) in [5.41, 5.74) is 1.98. The van der Waals surface area contributed by atoms with Gasteiger partial charge in [0.05, 0.1) is 5.92 Å². The number of hydrogen-bond acceptors (Lipinski definition) is 3. The van der Waals surface area contributed by atoms with Crippen molar-refractivity contribution in [2.45, 2.75) is 10.8 Å². The van der Waals surface area contributed by atoms with E-state index in [1.165, 1.54) is 11.8 Å². The van der Waals surface area contributed by atoms with Gasteiger partial charge in [0, 0.05) is 21.8 Å². The fourth-order valence-corrected chi connectivity index (χ4v) is 3.72. The zero-order chi connectivity index (χ0) is 14.1. The third-order valence-electron chi connectivity index (χ3n) is 3.39. The smallest absolute Gasteiger partial charge is 0.311 e. The van der Waals surface area contributed by atoms with Gasteiger partial charge in [-0.2, -0.15) is 0 Å². The van der Waals surface area contributed by atoms with Gasteiger partial charge in [-0.25, -0.2) is 0 Å². The lowest BCUT2D eigenvalue weighted by Gasteiger charge is -2.08. The zero-order valence-electron chi connectivity index (χ0n) is 10.6. The second-order valence-corrected chi connectivity index (χ2v) is 5.65. The summed E-state index contributed by atoms with van der Waals surface area (Å²) in [4.78, 5) is 24.6. The van der Waals surface area contributed by atoms with Crippen molar-refractivity contribution in [2.24, 2.45) is 0 Å². The van der Waals surface area contributed by atoms with Crippen LogP contribution in [0.5, 0.6) is 0 Å². The molecule has 0 amide bonds. The van der Waals surface area contributed by atoms with Gasteiger partial charge in [0.1, 0.15) is 0 Å². The van der Waals surface area contributed by atoms with Crippen molar-refractivity contribution in [3.63, 3.8) is 0 Å². The van der Waals surface area contributed by atoms with Gasteiger partial charge in [-0.1, -0.05) is 42.5 Å². The first-order valence-corrected chi connectivity index (χ1v) is 7.25. The van der Waals surface area contributed by atoms with Crippen molar-refractivity contribution in [3.05, 3.63) is 65.2 Å². The fourth-order valence-electron chi connectivity index (χ4n) is 2.37. The summed E-state index contributed by atoms with van der Waals surface area (Å²) in [6.07, 6.45) is 0. The monoisotopic (exact) mass is 284 g/mol. The van der Waals surface area contributed by atoms with Crippen LogP contribution in [0.3, 0.4) is 0 Å². The lowest BCUT2D eigenvalue weighted by Crippen LogP contribution is -2.11. The second-order valence-electron chi connectivity index (χ2n) is 4.62. The summed E-state index contributed by atoms with van der Waals surface area (Å²) < 4.78 is 0. The minimum absolute atomic E-state index is 0.0546. The number of benzene rings is 2. The van der Waals surface area contributed by atoms with Crippen LogP contribution >= 0.6 is 11.8 Å². The Morgan fingerprint density at radius 3 is 2.50 bits per heavy atom. The number of carboxylic acids is 1. The van der Waals surface area contributed by atoms with E-state index in [1.807, 2.05) is 18.2 Å². The Hall–Kier alpha value is -2.07.